The van der Waals surface area contributed by atoms with Crippen LogP contribution in [0.15, 0.2) is 54.6 Å². The summed E-state index contributed by atoms with van der Waals surface area (Å²) in [6.45, 7) is 1.83. The van der Waals surface area contributed by atoms with Crippen LogP contribution < -0.4 is 15.4 Å². The molecule has 2 amide bonds. The molecule has 0 aliphatic carbocycles. The van der Waals surface area contributed by atoms with E-state index in [0.29, 0.717) is 11.4 Å². The van der Waals surface area contributed by atoms with Gasteiger partial charge < -0.3 is 20.5 Å². The van der Waals surface area contributed by atoms with Crippen molar-refractivity contribution in [2.75, 3.05) is 19.0 Å². The maximum absolute atomic E-state index is 12.2. The Kier molecular flexibility index (Phi) is 6.00. The van der Waals surface area contributed by atoms with E-state index >= 15 is 0 Å². The zero-order valence-electron chi connectivity index (χ0n) is 13.3. The number of nitrogens with one attached hydrogen (secondary N) is 2. The highest BCUT2D eigenvalue weighted by atomic mass is 16.5. The molecule has 0 unspecified atom stereocenters. The van der Waals surface area contributed by atoms with Crippen LogP contribution in [0.2, 0.25) is 0 Å². The standard InChI is InChI=1S/C18H22N2O3/c1-13(14-8-4-3-5-9-14)16(12-21)20-18(22)19-15-10-6-7-11-17(15)23-2/h3-11,13,16,21H,12H2,1-2H3,(H2,19,20,22)/t13-,16+/m1/s1. The zero-order valence-corrected chi connectivity index (χ0v) is 13.3. The van der Waals surface area contributed by atoms with Gasteiger partial charge in [-0.1, -0.05) is 49.4 Å². The summed E-state index contributed by atoms with van der Waals surface area (Å²) in [4.78, 5) is 12.2. The third-order valence-corrected chi connectivity index (χ3v) is 3.80. The largest absolute Gasteiger partial charge is 0.495 e. The molecule has 0 spiro atoms. The van der Waals surface area contributed by atoms with E-state index in [1.54, 1.807) is 19.2 Å². The minimum Gasteiger partial charge on any atom is -0.495 e. The molecule has 0 aliphatic rings. The monoisotopic (exact) mass is 314 g/mol. The van der Waals surface area contributed by atoms with Gasteiger partial charge in [0.25, 0.3) is 0 Å². The molecule has 0 aromatic heterocycles. The van der Waals surface area contributed by atoms with Crippen LogP contribution >= 0.6 is 0 Å². The first-order valence-electron chi connectivity index (χ1n) is 7.52. The lowest BCUT2D eigenvalue weighted by molar-refractivity contribution is 0.215. The molecule has 5 heteroatoms. The third-order valence-electron chi connectivity index (χ3n) is 3.80. The van der Waals surface area contributed by atoms with Gasteiger partial charge >= 0.3 is 6.03 Å². The van der Waals surface area contributed by atoms with Crippen molar-refractivity contribution in [1.82, 2.24) is 5.32 Å². The highest BCUT2D eigenvalue weighted by Crippen LogP contribution is 2.23. The molecular formula is C18H22N2O3. The van der Waals surface area contributed by atoms with Gasteiger partial charge in [-0.25, -0.2) is 4.79 Å². The van der Waals surface area contributed by atoms with Gasteiger partial charge in [0.2, 0.25) is 0 Å². The highest BCUT2D eigenvalue weighted by Gasteiger charge is 2.20. The number of aliphatic hydroxyl groups excluding tert-OH is 1. The van der Waals surface area contributed by atoms with Crippen molar-refractivity contribution in [3.63, 3.8) is 0 Å². The molecular weight excluding hydrogens is 292 g/mol. The quantitative estimate of drug-likeness (QED) is 0.767. The molecule has 2 rings (SSSR count). The first-order valence-corrected chi connectivity index (χ1v) is 7.52. The van der Waals surface area contributed by atoms with Gasteiger partial charge in [0.15, 0.2) is 0 Å². The van der Waals surface area contributed by atoms with Crippen molar-refractivity contribution in [2.45, 2.75) is 18.9 Å². The molecule has 0 heterocycles. The average molecular weight is 314 g/mol. The molecule has 23 heavy (non-hydrogen) atoms. The van der Waals surface area contributed by atoms with E-state index in [2.05, 4.69) is 10.6 Å². The van der Waals surface area contributed by atoms with Crippen LogP contribution in [-0.4, -0.2) is 30.9 Å². The minimum absolute atomic E-state index is 0.00961. The number of carbonyl (C=O) groups is 1. The van der Waals surface area contributed by atoms with E-state index in [-0.39, 0.29) is 24.6 Å². The Labute approximate surface area is 136 Å². The lowest BCUT2D eigenvalue weighted by Crippen LogP contribution is -2.43. The summed E-state index contributed by atoms with van der Waals surface area (Å²) >= 11 is 0. The topological polar surface area (TPSA) is 70.6 Å². The number of hydrogen-bond donors (Lipinski definition) is 3. The van der Waals surface area contributed by atoms with Gasteiger partial charge in [0.05, 0.1) is 25.4 Å². The van der Waals surface area contributed by atoms with Gasteiger partial charge in [-0.2, -0.15) is 0 Å². The van der Waals surface area contributed by atoms with Crippen LogP contribution in [0.1, 0.15) is 18.4 Å². The van der Waals surface area contributed by atoms with Crippen LogP contribution in [0.3, 0.4) is 0 Å². The van der Waals surface area contributed by atoms with Gasteiger partial charge in [0.1, 0.15) is 5.75 Å². The van der Waals surface area contributed by atoms with Crippen LogP contribution in [0.25, 0.3) is 0 Å². The van der Waals surface area contributed by atoms with Crippen molar-refractivity contribution < 1.29 is 14.6 Å². The van der Waals surface area contributed by atoms with Crippen LogP contribution in [0.4, 0.5) is 10.5 Å². The van der Waals surface area contributed by atoms with Crippen molar-refractivity contribution in [3.8, 4) is 5.75 Å². The number of hydrogen-bond acceptors (Lipinski definition) is 3. The van der Waals surface area contributed by atoms with E-state index in [1.165, 1.54) is 0 Å². The highest BCUT2D eigenvalue weighted by molar-refractivity contribution is 5.91. The predicted molar refractivity (Wildman–Crippen MR) is 90.9 cm³/mol. The first-order chi connectivity index (χ1) is 11.2. The Balaban J connectivity index is 2.02. The summed E-state index contributed by atoms with van der Waals surface area (Å²) in [5.41, 5.74) is 1.64. The minimum atomic E-state index is -0.382. The molecule has 2 aromatic carbocycles. The molecule has 0 fully saturated rings. The molecule has 0 saturated heterocycles. The van der Waals surface area contributed by atoms with Crippen molar-refractivity contribution in [3.05, 3.63) is 60.2 Å². The van der Waals surface area contributed by atoms with E-state index in [0.717, 1.165) is 5.56 Å². The molecule has 3 N–H and O–H groups in total. The van der Waals surface area contributed by atoms with Gasteiger partial charge in [-0.3, -0.25) is 0 Å². The Bertz CT molecular complexity index is 631. The second kappa shape index (κ2) is 8.19. The van der Waals surface area contributed by atoms with Gasteiger partial charge in [-0.05, 0) is 17.7 Å². The molecule has 5 nitrogen and oxygen atoms in total. The fraction of sp³-hybridized carbons (Fsp3) is 0.278. The number of methoxy groups -OCH3 is 1. The molecule has 0 saturated carbocycles. The Morgan fingerprint density at radius 2 is 1.78 bits per heavy atom. The zero-order chi connectivity index (χ0) is 16.7. The summed E-state index contributed by atoms with van der Waals surface area (Å²) in [5.74, 6) is 0.573. The van der Waals surface area contributed by atoms with Crippen molar-refractivity contribution in [2.24, 2.45) is 0 Å². The number of benzene rings is 2. The molecule has 0 radical (unpaired) electrons. The summed E-state index contributed by atoms with van der Waals surface area (Å²) in [6.07, 6.45) is 0. The fourth-order valence-corrected chi connectivity index (χ4v) is 2.39. The summed E-state index contributed by atoms with van der Waals surface area (Å²) in [7, 11) is 1.55. The Morgan fingerprint density at radius 1 is 1.13 bits per heavy atom. The number of ether oxygens (including phenoxy) is 1. The molecule has 122 valence electrons. The Hall–Kier alpha value is -2.53. The predicted octanol–water partition coefficient (Wildman–Crippen LogP) is 2.98. The molecule has 0 bridgehead atoms. The van der Waals surface area contributed by atoms with E-state index in [1.807, 2.05) is 49.4 Å². The Morgan fingerprint density at radius 3 is 2.43 bits per heavy atom. The smallest absolute Gasteiger partial charge is 0.319 e. The van der Waals surface area contributed by atoms with Gasteiger partial charge in [0, 0.05) is 5.92 Å². The number of amides is 2. The maximum Gasteiger partial charge on any atom is 0.319 e. The van der Waals surface area contributed by atoms with E-state index < -0.39 is 0 Å². The number of aliphatic hydroxyl groups is 1. The number of carbonyl (C=O) groups excluding carboxylic acids is 1. The second-order valence-corrected chi connectivity index (χ2v) is 5.29. The SMILES string of the molecule is COc1ccccc1NC(=O)N[C@@H](CO)[C@H](C)c1ccccc1. The normalized spacial score (nSPS) is 13.0. The number of urea groups is 1. The van der Waals surface area contributed by atoms with E-state index in [4.69, 9.17) is 4.74 Å². The molecule has 2 aromatic rings. The maximum atomic E-state index is 12.2. The van der Waals surface area contributed by atoms with Gasteiger partial charge in [-0.15, -0.1) is 0 Å². The lowest BCUT2D eigenvalue weighted by atomic mass is 9.94. The number of para-hydroxylation sites is 2. The van der Waals surface area contributed by atoms with Crippen LogP contribution in [0.5, 0.6) is 5.75 Å². The molecule has 0 aliphatic heterocycles. The van der Waals surface area contributed by atoms with E-state index in [9.17, 15) is 9.90 Å². The summed E-state index contributed by atoms with van der Waals surface area (Å²) < 4.78 is 5.20. The second-order valence-electron chi connectivity index (χ2n) is 5.29. The first kappa shape index (κ1) is 16.8. The van der Waals surface area contributed by atoms with Crippen LogP contribution in [-0.2, 0) is 0 Å². The molecule has 2 atom stereocenters. The van der Waals surface area contributed by atoms with Crippen LogP contribution in [0, 0.1) is 0 Å². The lowest BCUT2D eigenvalue weighted by Gasteiger charge is -2.24. The fourth-order valence-electron chi connectivity index (χ4n) is 2.39. The summed E-state index contributed by atoms with van der Waals surface area (Å²) in [6, 6.07) is 16.2. The third kappa shape index (κ3) is 4.47. The summed E-state index contributed by atoms with van der Waals surface area (Å²) in [5, 5.41) is 15.2. The number of rotatable bonds is 6. The van der Waals surface area contributed by atoms with Crippen molar-refractivity contribution in [1.29, 1.82) is 0 Å². The number of anilines is 1. The van der Waals surface area contributed by atoms with Crippen molar-refractivity contribution >= 4 is 11.7 Å². The average Bonchev–Trinajstić information content (AvgIpc) is 2.60.